The van der Waals surface area contributed by atoms with Crippen LogP contribution in [0.15, 0.2) is 21.1 Å². The molecule has 0 saturated carbocycles. The Balaban J connectivity index is 2.32. The van der Waals surface area contributed by atoms with Crippen LogP contribution in [0, 0.1) is 6.92 Å². The van der Waals surface area contributed by atoms with Crippen molar-refractivity contribution < 1.29 is 9.53 Å². The van der Waals surface area contributed by atoms with Crippen LogP contribution in [-0.2, 0) is 4.74 Å². The quantitative estimate of drug-likeness (QED) is 0.759. The van der Waals surface area contributed by atoms with Crippen LogP contribution in [0.2, 0.25) is 0 Å². The number of carbonyl (C=O) groups is 1. The lowest BCUT2D eigenvalue weighted by molar-refractivity contribution is 0.0642. The lowest BCUT2D eigenvalue weighted by atomic mass is 10.0. The summed E-state index contributed by atoms with van der Waals surface area (Å²) in [5.74, 6) is 0.0741. The van der Waals surface area contributed by atoms with Crippen LogP contribution in [0.5, 0.6) is 0 Å². The van der Waals surface area contributed by atoms with Gasteiger partial charge in [0.15, 0.2) is 5.78 Å². The van der Waals surface area contributed by atoms with Gasteiger partial charge in [-0.1, -0.05) is 31.9 Å². The van der Waals surface area contributed by atoms with Gasteiger partial charge in [-0.3, -0.25) is 4.79 Å². The molecule has 2 nitrogen and oxygen atoms in total. The van der Waals surface area contributed by atoms with E-state index in [9.17, 15) is 4.79 Å². The number of hydrogen-bond acceptors (Lipinski definition) is 2. The third-order valence-corrected chi connectivity index (χ3v) is 4.25. The molecule has 2 rings (SSSR count). The molecule has 1 aromatic carbocycles. The molecule has 1 aromatic rings. The molecule has 0 amide bonds. The fourth-order valence-electron chi connectivity index (χ4n) is 1.79. The van der Waals surface area contributed by atoms with E-state index in [1.165, 1.54) is 0 Å². The molecule has 4 heteroatoms. The van der Waals surface area contributed by atoms with Crippen LogP contribution >= 0.6 is 31.9 Å². The minimum absolute atomic E-state index is 0.0741. The monoisotopic (exact) mass is 346 g/mol. The topological polar surface area (TPSA) is 26.3 Å². The van der Waals surface area contributed by atoms with Crippen LogP contribution in [0.3, 0.4) is 0 Å². The van der Waals surface area contributed by atoms with Crippen LogP contribution in [-0.4, -0.2) is 18.5 Å². The zero-order chi connectivity index (χ0) is 11.7. The highest BCUT2D eigenvalue weighted by Crippen LogP contribution is 2.28. The van der Waals surface area contributed by atoms with Gasteiger partial charge < -0.3 is 4.74 Å². The normalized spacial score (nSPS) is 20.1. The SMILES string of the molecule is Cc1cc(Br)c(C(=O)C2CCCO2)cc1Br. The maximum Gasteiger partial charge on any atom is 0.192 e. The Kier molecular flexibility index (Phi) is 3.82. The minimum atomic E-state index is -0.258. The standard InChI is InChI=1S/C12H12Br2O2/c1-7-5-10(14)8(6-9(7)13)12(15)11-3-2-4-16-11/h5-6,11H,2-4H2,1H3. The molecule has 0 radical (unpaired) electrons. The molecule has 0 N–H and O–H groups in total. The number of aryl methyl sites for hydroxylation is 1. The number of Topliss-reactive ketones (excluding diaryl/α,β-unsaturated/α-hetero) is 1. The molecule has 1 unspecified atom stereocenters. The number of ether oxygens (including phenoxy) is 1. The molecule has 1 atom stereocenters. The van der Waals surface area contributed by atoms with Crippen LogP contribution in [0.25, 0.3) is 0 Å². The molecule has 1 aliphatic rings. The predicted molar refractivity (Wildman–Crippen MR) is 69.9 cm³/mol. The molecular formula is C12H12Br2O2. The Bertz CT molecular complexity index is 423. The third kappa shape index (κ3) is 2.39. The highest BCUT2D eigenvalue weighted by Gasteiger charge is 2.26. The van der Waals surface area contributed by atoms with Crippen molar-refractivity contribution in [2.24, 2.45) is 0 Å². The second-order valence-corrected chi connectivity index (χ2v) is 5.66. The zero-order valence-electron chi connectivity index (χ0n) is 8.93. The summed E-state index contributed by atoms with van der Waals surface area (Å²) in [6.45, 7) is 2.69. The second-order valence-electron chi connectivity index (χ2n) is 3.95. The average molecular weight is 348 g/mol. The molecule has 0 aromatic heterocycles. The highest BCUT2D eigenvalue weighted by atomic mass is 79.9. The van der Waals surface area contributed by atoms with Gasteiger partial charge in [-0.25, -0.2) is 0 Å². The Labute approximate surface area is 112 Å². The van der Waals surface area contributed by atoms with E-state index >= 15 is 0 Å². The second kappa shape index (κ2) is 4.98. The van der Waals surface area contributed by atoms with Gasteiger partial charge in [0.2, 0.25) is 0 Å². The molecule has 1 fully saturated rings. The van der Waals surface area contributed by atoms with Gasteiger partial charge >= 0.3 is 0 Å². The van der Waals surface area contributed by atoms with Crippen molar-refractivity contribution in [3.8, 4) is 0 Å². The molecule has 1 aliphatic heterocycles. The fourth-order valence-corrected chi connectivity index (χ4v) is 2.79. The molecule has 0 spiro atoms. The molecular weight excluding hydrogens is 336 g/mol. The molecule has 0 aliphatic carbocycles. The number of hydrogen-bond donors (Lipinski definition) is 0. The molecule has 1 heterocycles. The number of rotatable bonds is 2. The Hall–Kier alpha value is -0.190. The Morgan fingerprint density at radius 2 is 2.12 bits per heavy atom. The first-order valence-electron chi connectivity index (χ1n) is 5.21. The molecule has 1 saturated heterocycles. The number of carbonyl (C=O) groups excluding carboxylic acids is 1. The largest absolute Gasteiger partial charge is 0.370 e. The average Bonchev–Trinajstić information content (AvgIpc) is 2.75. The summed E-state index contributed by atoms with van der Waals surface area (Å²) in [7, 11) is 0. The summed E-state index contributed by atoms with van der Waals surface area (Å²) in [6, 6.07) is 3.82. The Morgan fingerprint density at radius 3 is 2.75 bits per heavy atom. The van der Waals surface area contributed by atoms with E-state index in [-0.39, 0.29) is 11.9 Å². The summed E-state index contributed by atoms with van der Waals surface area (Å²) >= 11 is 6.87. The molecule has 0 bridgehead atoms. The smallest absolute Gasteiger partial charge is 0.192 e. The van der Waals surface area contributed by atoms with E-state index in [1.54, 1.807) is 0 Å². The van der Waals surface area contributed by atoms with Crippen molar-refractivity contribution in [2.45, 2.75) is 25.9 Å². The summed E-state index contributed by atoms with van der Waals surface area (Å²) in [4.78, 5) is 12.2. The molecule has 16 heavy (non-hydrogen) atoms. The number of ketones is 1. The molecule has 86 valence electrons. The van der Waals surface area contributed by atoms with E-state index in [0.717, 1.165) is 27.4 Å². The third-order valence-electron chi connectivity index (χ3n) is 2.74. The number of benzene rings is 1. The summed E-state index contributed by atoms with van der Waals surface area (Å²) in [5, 5.41) is 0. The lowest BCUT2D eigenvalue weighted by Crippen LogP contribution is -2.20. The first kappa shape index (κ1) is 12.3. The van der Waals surface area contributed by atoms with Gasteiger partial charge in [-0.2, -0.15) is 0 Å². The van der Waals surface area contributed by atoms with E-state index < -0.39 is 0 Å². The lowest BCUT2D eigenvalue weighted by Gasteiger charge is -2.11. The van der Waals surface area contributed by atoms with Gasteiger partial charge in [-0.05, 0) is 37.5 Å². The van der Waals surface area contributed by atoms with Crippen LogP contribution in [0.1, 0.15) is 28.8 Å². The summed E-state index contributed by atoms with van der Waals surface area (Å²) < 4.78 is 7.21. The van der Waals surface area contributed by atoms with E-state index in [1.807, 2.05) is 19.1 Å². The summed E-state index contributed by atoms with van der Waals surface area (Å²) in [6.07, 6.45) is 1.54. The van der Waals surface area contributed by atoms with Crippen molar-refractivity contribution >= 4 is 37.6 Å². The van der Waals surface area contributed by atoms with E-state index in [2.05, 4.69) is 31.9 Å². The van der Waals surface area contributed by atoms with Gasteiger partial charge in [0.05, 0.1) is 0 Å². The highest BCUT2D eigenvalue weighted by molar-refractivity contribution is 9.11. The maximum absolute atomic E-state index is 12.2. The van der Waals surface area contributed by atoms with Gasteiger partial charge in [0.25, 0.3) is 0 Å². The van der Waals surface area contributed by atoms with Crippen molar-refractivity contribution in [1.82, 2.24) is 0 Å². The first-order valence-corrected chi connectivity index (χ1v) is 6.79. The van der Waals surface area contributed by atoms with Crippen molar-refractivity contribution in [3.05, 3.63) is 32.2 Å². The zero-order valence-corrected chi connectivity index (χ0v) is 12.1. The fraction of sp³-hybridized carbons (Fsp3) is 0.417. The summed E-state index contributed by atoms with van der Waals surface area (Å²) in [5.41, 5.74) is 1.81. The predicted octanol–water partition coefficient (Wildman–Crippen LogP) is 3.88. The van der Waals surface area contributed by atoms with Crippen molar-refractivity contribution in [2.75, 3.05) is 6.61 Å². The maximum atomic E-state index is 12.2. The van der Waals surface area contributed by atoms with E-state index in [0.29, 0.717) is 12.2 Å². The van der Waals surface area contributed by atoms with Gasteiger partial charge in [0, 0.05) is 21.1 Å². The van der Waals surface area contributed by atoms with Gasteiger partial charge in [0.1, 0.15) is 6.10 Å². The van der Waals surface area contributed by atoms with Crippen LogP contribution < -0.4 is 0 Å². The number of halogens is 2. The minimum Gasteiger partial charge on any atom is -0.370 e. The Morgan fingerprint density at radius 1 is 1.38 bits per heavy atom. The van der Waals surface area contributed by atoms with Gasteiger partial charge in [-0.15, -0.1) is 0 Å². The first-order chi connectivity index (χ1) is 7.59. The van der Waals surface area contributed by atoms with E-state index in [4.69, 9.17) is 4.74 Å². The van der Waals surface area contributed by atoms with Crippen molar-refractivity contribution in [1.29, 1.82) is 0 Å². The van der Waals surface area contributed by atoms with Crippen LogP contribution in [0.4, 0.5) is 0 Å². The van der Waals surface area contributed by atoms with Crippen molar-refractivity contribution in [3.63, 3.8) is 0 Å².